The van der Waals surface area contributed by atoms with Gasteiger partial charge in [0, 0.05) is 0 Å². The molecule has 0 amide bonds. The molecule has 11 heavy (non-hydrogen) atoms. The fourth-order valence-corrected chi connectivity index (χ4v) is 1.54. The second-order valence-corrected chi connectivity index (χ2v) is 4.69. The molecular formula is C11H18. The zero-order chi connectivity index (χ0) is 8.48. The van der Waals surface area contributed by atoms with Gasteiger partial charge in [-0.05, 0) is 25.2 Å². The highest BCUT2D eigenvalue weighted by molar-refractivity contribution is 5.31. The average Bonchev–Trinajstić information content (AvgIpc) is 2.10. The molecule has 0 aromatic carbocycles. The first-order valence-electron chi connectivity index (χ1n) is 4.33. The van der Waals surface area contributed by atoms with Crippen molar-refractivity contribution in [3.05, 3.63) is 23.3 Å². The third kappa shape index (κ3) is 2.92. The molecule has 0 unspecified atom stereocenters. The molecule has 0 bridgehead atoms. The molecule has 0 aromatic heterocycles. The first-order valence-corrected chi connectivity index (χ1v) is 4.33. The lowest BCUT2D eigenvalue weighted by Gasteiger charge is -2.18. The highest BCUT2D eigenvalue weighted by Gasteiger charge is 2.14. The van der Waals surface area contributed by atoms with Crippen LogP contribution in [0, 0.1) is 5.41 Å². The molecule has 0 heterocycles. The van der Waals surface area contributed by atoms with Gasteiger partial charge in [-0.15, -0.1) is 0 Å². The molecular weight excluding hydrogens is 132 g/mol. The predicted octanol–water partition coefficient (Wildman–Crippen LogP) is 3.70. The van der Waals surface area contributed by atoms with Crippen molar-refractivity contribution in [2.24, 2.45) is 5.41 Å². The molecule has 0 fully saturated rings. The molecule has 0 aromatic rings. The van der Waals surface area contributed by atoms with Crippen LogP contribution in [-0.4, -0.2) is 0 Å². The summed E-state index contributed by atoms with van der Waals surface area (Å²) in [6, 6.07) is 0. The molecule has 0 saturated heterocycles. The summed E-state index contributed by atoms with van der Waals surface area (Å²) < 4.78 is 0. The largest absolute Gasteiger partial charge is 0.0775 e. The van der Waals surface area contributed by atoms with Gasteiger partial charge in [0.05, 0.1) is 0 Å². The van der Waals surface area contributed by atoms with Crippen LogP contribution in [0.3, 0.4) is 0 Å². The van der Waals surface area contributed by atoms with Crippen molar-refractivity contribution in [1.29, 1.82) is 0 Å². The Balaban J connectivity index is 2.49. The Morgan fingerprint density at radius 3 is 2.36 bits per heavy atom. The molecule has 0 saturated carbocycles. The van der Waals surface area contributed by atoms with Gasteiger partial charge in [0.15, 0.2) is 0 Å². The van der Waals surface area contributed by atoms with Crippen LogP contribution in [0.15, 0.2) is 23.3 Å². The van der Waals surface area contributed by atoms with Gasteiger partial charge in [-0.3, -0.25) is 0 Å². The Kier molecular flexibility index (Phi) is 2.22. The molecule has 1 rings (SSSR count). The first kappa shape index (κ1) is 8.58. The Morgan fingerprint density at radius 1 is 1.36 bits per heavy atom. The summed E-state index contributed by atoms with van der Waals surface area (Å²) >= 11 is 0. The minimum absolute atomic E-state index is 0.449. The lowest BCUT2D eigenvalue weighted by molar-refractivity contribution is 0.407. The number of allylic oxidation sites excluding steroid dienone is 4. The minimum atomic E-state index is 0.449. The fraction of sp³-hybridized carbons (Fsp3) is 0.636. The summed E-state index contributed by atoms with van der Waals surface area (Å²) in [7, 11) is 0. The Labute approximate surface area is 70.0 Å². The van der Waals surface area contributed by atoms with Crippen molar-refractivity contribution >= 4 is 0 Å². The van der Waals surface area contributed by atoms with Gasteiger partial charge in [-0.25, -0.2) is 0 Å². The van der Waals surface area contributed by atoms with Crippen molar-refractivity contribution in [2.75, 3.05) is 0 Å². The van der Waals surface area contributed by atoms with Gasteiger partial charge in [0.25, 0.3) is 0 Å². The first-order chi connectivity index (χ1) is 4.97. The van der Waals surface area contributed by atoms with Gasteiger partial charge >= 0.3 is 0 Å². The maximum absolute atomic E-state index is 2.32. The quantitative estimate of drug-likeness (QED) is 0.534. The van der Waals surface area contributed by atoms with Crippen LogP contribution in [0.5, 0.6) is 0 Å². The molecule has 1 aliphatic rings. The van der Waals surface area contributed by atoms with Crippen molar-refractivity contribution in [2.45, 2.75) is 40.5 Å². The molecule has 0 atom stereocenters. The van der Waals surface area contributed by atoms with Gasteiger partial charge in [0.1, 0.15) is 0 Å². The monoisotopic (exact) mass is 150 g/mol. The van der Waals surface area contributed by atoms with Crippen LogP contribution in [0.4, 0.5) is 0 Å². The maximum atomic E-state index is 2.32. The van der Waals surface area contributed by atoms with Crippen LogP contribution in [0.2, 0.25) is 0 Å². The summed E-state index contributed by atoms with van der Waals surface area (Å²) in [5, 5.41) is 0. The normalized spacial score (nSPS) is 18.2. The van der Waals surface area contributed by atoms with E-state index in [9.17, 15) is 0 Å². The highest BCUT2D eigenvalue weighted by atomic mass is 14.2. The van der Waals surface area contributed by atoms with Crippen LogP contribution in [0.25, 0.3) is 0 Å². The smallest absolute Gasteiger partial charge is 0.0130 e. The molecule has 0 nitrogen and oxygen atoms in total. The van der Waals surface area contributed by atoms with Crippen molar-refractivity contribution in [1.82, 2.24) is 0 Å². The fourth-order valence-electron chi connectivity index (χ4n) is 1.54. The standard InChI is InChI=1S/C11H18/c1-9-5-6-10(7-9)8-11(2,3)4/h5,7H,6,8H2,1-4H3. The van der Waals surface area contributed by atoms with Gasteiger partial charge in [-0.2, -0.15) is 0 Å². The lowest BCUT2D eigenvalue weighted by atomic mass is 9.87. The number of hydrogen-bond donors (Lipinski definition) is 0. The molecule has 0 heteroatoms. The number of hydrogen-bond acceptors (Lipinski definition) is 0. The van der Waals surface area contributed by atoms with Crippen molar-refractivity contribution in [3.8, 4) is 0 Å². The maximum Gasteiger partial charge on any atom is -0.0130 e. The van der Waals surface area contributed by atoms with E-state index >= 15 is 0 Å². The van der Waals surface area contributed by atoms with E-state index in [4.69, 9.17) is 0 Å². The summed E-state index contributed by atoms with van der Waals surface area (Å²) in [4.78, 5) is 0. The van der Waals surface area contributed by atoms with Crippen molar-refractivity contribution in [3.63, 3.8) is 0 Å². The van der Waals surface area contributed by atoms with E-state index in [1.165, 1.54) is 18.4 Å². The van der Waals surface area contributed by atoms with E-state index in [1.54, 1.807) is 5.57 Å². The summed E-state index contributed by atoms with van der Waals surface area (Å²) in [5.74, 6) is 0. The lowest BCUT2D eigenvalue weighted by Crippen LogP contribution is -2.05. The van der Waals surface area contributed by atoms with Crippen LogP contribution in [0.1, 0.15) is 40.5 Å². The highest BCUT2D eigenvalue weighted by Crippen LogP contribution is 2.29. The van der Waals surface area contributed by atoms with Crippen molar-refractivity contribution < 1.29 is 0 Å². The summed E-state index contributed by atoms with van der Waals surface area (Å²) in [5.41, 5.74) is 3.48. The van der Waals surface area contributed by atoms with Crippen LogP contribution >= 0.6 is 0 Å². The Bertz CT molecular complexity index is 199. The minimum Gasteiger partial charge on any atom is -0.0775 e. The second kappa shape index (κ2) is 2.84. The SMILES string of the molecule is CC1=CCC(CC(C)(C)C)=C1. The molecule has 0 N–H and O–H groups in total. The van der Waals surface area contributed by atoms with E-state index in [0.717, 1.165) is 0 Å². The zero-order valence-electron chi connectivity index (χ0n) is 8.07. The molecule has 0 aliphatic heterocycles. The molecule has 0 radical (unpaired) electrons. The predicted molar refractivity (Wildman–Crippen MR) is 50.5 cm³/mol. The van der Waals surface area contributed by atoms with E-state index in [1.807, 2.05) is 0 Å². The average molecular weight is 150 g/mol. The Morgan fingerprint density at radius 2 is 2.00 bits per heavy atom. The zero-order valence-corrected chi connectivity index (χ0v) is 8.07. The molecule has 1 aliphatic carbocycles. The topological polar surface area (TPSA) is 0 Å². The third-order valence-electron chi connectivity index (χ3n) is 1.88. The summed E-state index contributed by atoms with van der Waals surface area (Å²) in [6.07, 6.45) is 7.05. The van der Waals surface area contributed by atoms with Crippen LogP contribution < -0.4 is 0 Å². The second-order valence-electron chi connectivity index (χ2n) is 4.69. The molecule has 0 spiro atoms. The molecule has 62 valence electrons. The number of rotatable bonds is 1. The van der Waals surface area contributed by atoms with E-state index in [-0.39, 0.29) is 0 Å². The summed E-state index contributed by atoms with van der Waals surface area (Å²) in [6.45, 7) is 9.06. The third-order valence-corrected chi connectivity index (χ3v) is 1.88. The van der Waals surface area contributed by atoms with Gasteiger partial charge in [0.2, 0.25) is 0 Å². The van der Waals surface area contributed by atoms with E-state index < -0.39 is 0 Å². The van der Waals surface area contributed by atoms with Gasteiger partial charge < -0.3 is 0 Å². The van der Waals surface area contributed by atoms with Gasteiger partial charge in [-0.1, -0.05) is 44.1 Å². The Hall–Kier alpha value is -0.520. The van der Waals surface area contributed by atoms with E-state index in [2.05, 4.69) is 39.8 Å². The van der Waals surface area contributed by atoms with Crippen LogP contribution in [-0.2, 0) is 0 Å². The van der Waals surface area contributed by atoms with E-state index in [0.29, 0.717) is 5.41 Å².